The first-order valence-corrected chi connectivity index (χ1v) is 6.67. The molecule has 2 saturated carbocycles. The molecule has 0 bridgehead atoms. The Morgan fingerprint density at radius 3 is 2.35 bits per heavy atom. The van der Waals surface area contributed by atoms with E-state index >= 15 is 0 Å². The van der Waals surface area contributed by atoms with Gasteiger partial charge in [0.05, 0.1) is 17.6 Å². The van der Waals surface area contributed by atoms with Gasteiger partial charge in [-0.2, -0.15) is 0 Å². The second kappa shape index (κ2) is 4.26. The average molecular weight is 247 g/mol. The van der Waals surface area contributed by atoms with E-state index in [2.05, 4.69) is 10.3 Å². The van der Waals surface area contributed by atoms with Gasteiger partial charge in [-0.3, -0.25) is 4.98 Å². The Kier molecular flexibility index (Phi) is 2.74. The molecule has 0 amide bonds. The lowest BCUT2D eigenvalue weighted by Gasteiger charge is -2.18. The van der Waals surface area contributed by atoms with Crippen molar-refractivity contribution in [3.05, 3.63) is 24.0 Å². The first-order chi connectivity index (χ1) is 8.24. The van der Waals surface area contributed by atoms with Crippen LogP contribution in [0.3, 0.4) is 0 Å². The number of nitrogens with two attached hydrogens (primary N) is 1. The zero-order chi connectivity index (χ0) is 11.8. The Morgan fingerprint density at radius 2 is 1.94 bits per heavy atom. The summed E-state index contributed by atoms with van der Waals surface area (Å²) in [7, 11) is 0. The van der Waals surface area contributed by atoms with Crippen molar-refractivity contribution in [2.75, 3.05) is 5.32 Å². The van der Waals surface area contributed by atoms with Crippen LogP contribution in [-0.2, 0) is 0 Å². The fraction of sp³-hybridized carbons (Fsp3) is 0.538. The van der Waals surface area contributed by atoms with Crippen molar-refractivity contribution in [2.24, 2.45) is 17.6 Å². The Balaban J connectivity index is 1.68. The van der Waals surface area contributed by atoms with Crippen molar-refractivity contribution >= 4 is 22.9 Å². The maximum absolute atomic E-state index is 5.53. The van der Waals surface area contributed by atoms with E-state index in [-0.39, 0.29) is 0 Å². The van der Waals surface area contributed by atoms with Crippen LogP contribution in [0.15, 0.2) is 18.3 Å². The van der Waals surface area contributed by atoms with Crippen LogP contribution in [-0.4, -0.2) is 16.0 Å². The van der Waals surface area contributed by atoms with E-state index in [1.54, 1.807) is 0 Å². The number of rotatable bonds is 5. The van der Waals surface area contributed by atoms with E-state index in [0.29, 0.717) is 16.7 Å². The Labute approximate surface area is 107 Å². The van der Waals surface area contributed by atoms with Crippen molar-refractivity contribution in [1.29, 1.82) is 0 Å². The summed E-state index contributed by atoms with van der Waals surface area (Å²) in [6, 6.07) is 4.58. The average Bonchev–Trinajstić information content (AvgIpc) is 3.17. The summed E-state index contributed by atoms with van der Waals surface area (Å²) in [6.07, 6.45) is 7.37. The smallest absolute Gasteiger partial charge is 0.122 e. The quantitative estimate of drug-likeness (QED) is 0.784. The Morgan fingerprint density at radius 1 is 1.29 bits per heavy atom. The molecular weight excluding hydrogens is 230 g/mol. The molecular formula is C13H17N3S. The second-order valence-electron chi connectivity index (χ2n) is 5.14. The van der Waals surface area contributed by atoms with Gasteiger partial charge >= 0.3 is 0 Å². The van der Waals surface area contributed by atoms with Gasteiger partial charge in [0, 0.05) is 6.04 Å². The van der Waals surface area contributed by atoms with Crippen LogP contribution >= 0.6 is 12.2 Å². The molecule has 2 aliphatic carbocycles. The summed E-state index contributed by atoms with van der Waals surface area (Å²) in [4.78, 5) is 4.62. The highest BCUT2D eigenvalue weighted by Gasteiger charge is 2.41. The molecule has 90 valence electrons. The molecule has 17 heavy (non-hydrogen) atoms. The van der Waals surface area contributed by atoms with Crippen LogP contribution < -0.4 is 11.1 Å². The molecule has 1 aromatic rings. The van der Waals surface area contributed by atoms with Gasteiger partial charge in [-0.05, 0) is 49.7 Å². The summed E-state index contributed by atoms with van der Waals surface area (Å²) in [6.45, 7) is 0. The Bertz CT molecular complexity index is 409. The normalized spacial score (nSPS) is 19.4. The fourth-order valence-corrected chi connectivity index (χ4v) is 2.47. The number of hydrogen-bond acceptors (Lipinski definition) is 3. The minimum atomic E-state index is 0.359. The van der Waals surface area contributed by atoms with Crippen LogP contribution in [0, 0.1) is 11.8 Å². The van der Waals surface area contributed by atoms with Gasteiger partial charge in [0.1, 0.15) is 4.99 Å². The molecule has 0 aromatic carbocycles. The molecule has 0 saturated heterocycles. The van der Waals surface area contributed by atoms with Crippen LogP contribution in [0.1, 0.15) is 31.4 Å². The van der Waals surface area contributed by atoms with E-state index in [0.717, 1.165) is 17.5 Å². The molecule has 0 radical (unpaired) electrons. The third-order valence-corrected chi connectivity index (χ3v) is 3.82. The van der Waals surface area contributed by atoms with Crippen molar-refractivity contribution in [3.8, 4) is 0 Å². The highest BCUT2D eigenvalue weighted by Crippen LogP contribution is 2.45. The molecule has 0 aliphatic heterocycles. The Hall–Kier alpha value is -1.16. The number of hydrogen-bond donors (Lipinski definition) is 2. The van der Waals surface area contributed by atoms with Gasteiger partial charge in [-0.25, -0.2) is 0 Å². The molecule has 2 fully saturated rings. The van der Waals surface area contributed by atoms with Gasteiger partial charge in [-0.15, -0.1) is 0 Å². The number of nitrogens with zero attached hydrogens (tertiary/aromatic N) is 1. The molecule has 3 nitrogen and oxygen atoms in total. The number of anilines is 1. The summed E-state index contributed by atoms with van der Waals surface area (Å²) in [5.74, 6) is 1.77. The van der Waals surface area contributed by atoms with Crippen LogP contribution in [0.4, 0.5) is 5.69 Å². The van der Waals surface area contributed by atoms with Gasteiger partial charge < -0.3 is 11.1 Å². The topological polar surface area (TPSA) is 50.9 Å². The maximum atomic E-state index is 5.53. The second-order valence-corrected chi connectivity index (χ2v) is 5.58. The lowest BCUT2D eigenvalue weighted by Crippen LogP contribution is -2.24. The number of aromatic nitrogens is 1. The zero-order valence-corrected chi connectivity index (χ0v) is 10.5. The molecule has 4 heteroatoms. The standard InChI is InChI=1S/C13H17N3S/c14-13(17)11-6-5-10(7-15-11)16-12(8-1-2-8)9-3-4-9/h5-9,12,16H,1-4H2,(H2,14,17). The first-order valence-electron chi connectivity index (χ1n) is 6.26. The lowest BCUT2D eigenvalue weighted by molar-refractivity contribution is 0.567. The summed E-state index contributed by atoms with van der Waals surface area (Å²) in [5.41, 5.74) is 7.32. The molecule has 0 atom stereocenters. The van der Waals surface area contributed by atoms with Gasteiger partial charge in [0.15, 0.2) is 0 Å². The molecule has 3 rings (SSSR count). The summed E-state index contributed by atoms with van der Waals surface area (Å²) in [5, 5.41) is 3.62. The fourth-order valence-electron chi connectivity index (χ4n) is 2.35. The molecule has 3 N–H and O–H groups in total. The van der Waals surface area contributed by atoms with Crippen molar-refractivity contribution in [3.63, 3.8) is 0 Å². The van der Waals surface area contributed by atoms with Crippen LogP contribution in [0.2, 0.25) is 0 Å². The van der Waals surface area contributed by atoms with Crippen LogP contribution in [0.5, 0.6) is 0 Å². The summed E-state index contributed by atoms with van der Waals surface area (Å²) < 4.78 is 0. The predicted octanol–water partition coefficient (Wildman–Crippen LogP) is 2.32. The predicted molar refractivity (Wildman–Crippen MR) is 73.0 cm³/mol. The van der Waals surface area contributed by atoms with Crippen LogP contribution in [0.25, 0.3) is 0 Å². The monoisotopic (exact) mass is 247 g/mol. The third kappa shape index (κ3) is 2.57. The van der Waals surface area contributed by atoms with E-state index in [1.165, 1.54) is 25.7 Å². The van der Waals surface area contributed by atoms with Gasteiger partial charge in [0.2, 0.25) is 0 Å². The van der Waals surface area contributed by atoms with Gasteiger partial charge in [-0.1, -0.05) is 12.2 Å². The highest BCUT2D eigenvalue weighted by atomic mass is 32.1. The molecule has 1 aromatic heterocycles. The number of pyridine rings is 1. The number of nitrogens with one attached hydrogen (secondary N) is 1. The largest absolute Gasteiger partial charge is 0.388 e. The minimum Gasteiger partial charge on any atom is -0.388 e. The van der Waals surface area contributed by atoms with E-state index in [4.69, 9.17) is 18.0 Å². The summed E-state index contributed by atoms with van der Waals surface area (Å²) >= 11 is 4.89. The SMILES string of the molecule is NC(=S)c1ccc(NC(C2CC2)C2CC2)cn1. The highest BCUT2D eigenvalue weighted by molar-refractivity contribution is 7.80. The molecule has 2 aliphatic rings. The maximum Gasteiger partial charge on any atom is 0.122 e. The zero-order valence-electron chi connectivity index (χ0n) is 9.73. The van der Waals surface area contributed by atoms with E-state index in [1.807, 2.05) is 18.3 Å². The lowest BCUT2D eigenvalue weighted by atomic mass is 10.1. The first kappa shape index (κ1) is 11.0. The molecule has 0 unspecified atom stereocenters. The minimum absolute atomic E-state index is 0.359. The number of thiocarbonyl (C=S) groups is 1. The molecule has 1 heterocycles. The van der Waals surface area contributed by atoms with Crippen molar-refractivity contribution in [2.45, 2.75) is 31.7 Å². The third-order valence-electron chi connectivity index (χ3n) is 3.61. The van der Waals surface area contributed by atoms with Crippen molar-refractivity contribution < 1.29 is 0 Å². The van der Waals surface area contributed by atoms with E-state index in [9.17, 15) is 0 Å². The van der Waals surface area contributed by atoms with Crippen molar-refractivity contribution in [1.82, 2.24) is 4.98 Å². The molecule has 0 spiro atoms. The van der Waals surface area contributed by atoms with Gasteiger partial charge in [0.25, 0.3) is 0 Å². The van der Waals surface area contributed by atoms with E-state index < -0.39 is 0 Å².